The first kappa shape index (κ1) is 15.8. The van der Waals surface area contributed by atoms with E-state index in [1.807, 2.05) is 6.07 Å². The minimum absolute atomic E-state index is 0.0110. The van der Waals surface area contributed by atoms with Crippen LogP contribution in [0.15, 0.2) is 18.2 Å². The summed E-state index contributed by atoms with van der Waals surface area (Å²) in [6.07, 6.45) is 3.58. The van der Waals surface area contributed by atoms with Crippen molar-refractivity contribution >= 4 is 17.4 Å². The maximum absolute atomic E-state index is 12.5. The number of nitrogens with zero attached hydrogens (tertiary/aromatic N) is 1. The van der Waals surface area contributed by atoms with Gasteiger partial charge in [0.05, 0.1) is 6.10 Å². The number of ether oxygens (including phenoxy) is 1. The fourth-order valence-electron chi connectivity index (χ4n) is 4.79. The van der Waals surface area contributed by atoms with Crippen molar-refractivity contribution < 1.29 is 9.53 Å². The fraction of sp³-hybridized carbons (Fsp3) is 0.632. The number of hydrogen-bond donors (Lipinski definition) is 2. The number of aryl methyl sites for hydroxylation is 1. The van der Waals surface area contributed by atoms with Gasteiger partial charge >= 0.3 is 6.03 Å². The number of fused-ring (bicyclic) bond motifs is 2. The molecule has 3 aliphatic rings. The standard InChI is InChI=1S/C19H27N3O2/c1-19(2)16(14-8-10-24-17(14)19)21-18(23)20-13-6-7-15-12(11-13)5-4-9-22(15)3/h6-7,11,14,16-17H,4-5,8-10H2,1-3H3,(H2,20,21,23). The van der Waals surface area contributed by atoms with Crippen LogP contribution in [0.3, 0.4) is 0 Å². The van der Waals surface area contributed by atoms with E-state index in [9.17, 15) is 4.79 Å². The third kappa shape index (κ3) is 2.46. The number of carbonyl (C=O) groups is 1. The second-order valence-corrected chi connectivity index (χ2v) is 8.01. The van der Waals surface area contributed by atoms with Crippen LogP contribution in [0, 0.1) is 11.3 Å². The summed E-state index contributed by atoms with van der Waals surface area (Å²) in [7, 11) is 2.12. The van der Waals surface area contributed by atoms with Crippen LogP contribution in [-0.4, -0.2) is 38.4 Å². The van der Waals surface area contributed by atoms with Gasteiger partial charge in [0.15, 0.2) is 0 Å². The van der Waals surface area contributed by atoms with E-state index in [2.05, 4.69) is 48.6 Å². The van der Waals surface area contributed by atoms with Crippen molar-refractivity contribution in [1.82, 2.24) is 5.32 Å². The van der Waals surface area contributed by atoms with Gasteiger partial charge in [-0.2, -0.15) is 0 Å². The van der Waals surface area contributed by atoms with Crippen molar-refractivity contribution in [1.29, 1.82) is 0 Å². The summed E-state index contributed by atoms with van der Waals surface area (Å²) in [6, 6.07) is 6.29. The Balaban J connectivity index is 1.42. The molecule has 2 heterocycles. The minimum atomic E-state index is -0.109. The number of nitrogens with one attached hydrogen (secondary N) is 2. The Morgan fingerprint density at radius 1 is 1.38 bits per heavy atom. The predicted molar refractivity (Wildman–Crippen MR) is 95.6 cm³/mol. The van der Waals surface area contributed by atoms with Crippen LogP contribution in [0.1, 0.15) is 32.3 Å². The number of hydrogen-bond acceptors (Lipinski definition) is 3. The highest BCUT2D eigenvalue weighted by Gasteiger charge is 2.59. The van der Waals surface area contributed by atoms with Crippen molar-refractivity contribution in [3.63, 3.8) is 0 Å². The molecule has 0 radical (unpaired) electrons. The van der Waals surface area contributed by atoms with E-state index in [-0.39, 0.29) is 17.5 Å². The van der Waals surface area contributed by atoms with E-state index < -0.39 is 0 Å². The molecule has 130 valence electrons. The zero-order valence-electron chi connectivity index (χ0n) is 14.8. The maximum Gasteiger partial charge on any atom is 0.319 e. The highest BCUT2D eigenvalue weighted by molar-refractivity contribution is 5.90. The monoisotopic (exact) mass is 329 g/mol. The van der Waals surface area contributed by atoms with Crippen molar-refractivity contribution in [2.75, 3.05) is 30.4 Å². The third-order valence-electron chi connectivity index (χ3n) is 6.08. The molecule has 1 saturated carbocycles. The van der Waals surface area contributed by atoms with Crippen LogP contribution in [0.25, 0.3) is 0 Å². The van der Waals surface area contributed by atoms with Gasteiger partial charge in [0.2, 0.25) is 0 Å². The van der Waals surface area contributed by atoms with Crippen LogP contribution < -0.4 is 15.5 Å². The lowest BCUT2D eigenvalue weighted by Crippen LogP contribution is -2.67. The molecular weight excluding hydrogens is 302 g/mol. The summed E-state index contributed by atoms with van der Waals surface area (Å²) in [6.45, 7) is 6.27. The molecule has 1 aromatic carbocycles. The second kappa shape index (κ2) is 5.66. The smallest absolute Gasteiger partial charge is 0.319 e. The molecule has 1 saturated heterocycles. The molecule has 0 bridgehead atoms. The molecule has 5 nitrogen and oxygen atoms in total. The molecule has 1 aliphatic carbocycles. The summed E-state index contributed by atoms with van der Waals surface area (Å²) in [4.78, 5) is 14.7. The number of anilines is 2. The van der Waals surface area contributed by atoms with Gasteiger partial charge in [-0.15, -0.1) is 0 Å². The highest BCUT2D eigenvalue weighted by Crippen LogP contribution is 2.52. The quantitative estimate of drug-likeness (QED) is 0.877. The van der Waals surface area contributed by atoms with Crippen LogP contribution >= 0.6 is 0 Å². The lowest BCUT2D eigenvalue weighted by atomic mass is 9.57. The van der Waals surface area contributed by atoms with Gasteiger partial charge in [-0.05, 0) is 43.0 Å². The average Bonchev–Trinajstić information content (AvgIpc) is 3.00. The topological polar surface area (TPSA) is 53.6 Å². The van der Waals surface area contributed by atoms with E-state index >= 15 is 0 Å². The second-order valence-electron chi connectivity index (χ2n) is 8.01. The summed E-state index contributed by atoms with van der Waals surface area (Å²) in [5.74, 6) is 0.461. The van der Waals surface area contributed by atoms with E-state index in [1.165, 1.54) is 17.7 Å². The van der Waals surface area contributed by atoms with Gasteiger partial charge in [0.25, 0.3) is 0 Å². The van der Waals surface area contributed by atoms with Gasteiger partial charge in [-0.3, -0.25) is 0 Å². The van der Waals surface area contributed by atoms with Gasteiger partial charge in [0, 0.05) is 48.9 Å². The Kier molecular flexibility index (Phi) is 3.71. The molecule has 2 N–H and O–H groups in total. The Morgan fingerprint density at radius 2 is 2.21 bits per heavy atom. The van der Waals surface area contributed by atoms with Crippen molar-refractivity contribution in [3.8, 4) is 0 Å². The highest BCUT2D eigenvalue weighted by atomic mass is 16.5. The Hall–Kier alpha value is -1.75. The first-order valence-electron chi connectivity index (χ1n) is 9.00. The average molecular weight is 329 g/mol. The summed E-state index contributed by atoms with van der Waals surface area (Å²) >= 11 is 0. The zero-order valence-corrected chi connectivity index (χ0v) is 14.8. The molecule has 2 fully saturated rings. The fourth-order valence-corrected chi connectivity index (χ4v) is 4.79. The largest absolute Gasteiger partial charge is 0.377 e. The van der Waals surface area contributed by atoms with E-state index in [0.29, 0.717) is 12.0 Å². The van der Waals surface area contributed by atoms with Crippen molar-refractivity contribution in [2.45, 2.75) is 45.3 Å². The number of carbonyl (C=O) groups excluding carboxylic acids is 1. The maximum atomic E-state index is 12.5. The molecule has 0 aromatic heterocycles. The summed E-state index contributed by atoms with van der Waals surface area (Å²) in [5.41, 5.74) is 3.47. The van der Waals surface area contributed by atoms with Gasteiger partial charge in [-0.1, -0.05) is 13.8 Å². The Bertz CT molecular complexity index is 658. The normalized spacial score (nSPS) is 30.1. The van der Waals surface area contributed by atoms with Crippen LogP contribution in [0.5, 0.6) is 0 Å². The molecule has 3 unspecified atom stereocenters. The Morgan fingerprint density at radius 3 is 3.04 bits per heavy atom. The summed E-state index contributed by atoms with van der Waals surface area (Å²) < 4.78 is 5.79. The molecule has 2 amide bonds. The van der Waals surface area contributed by atoms with Crippen LogP contribution in [-0.2, 0) is 11.2 Å². The molecule has 3 atom stereocenters. The summed E-state index contributed by atoms with van der Waals surface area (Å²) in [5, 5.41) is 6.19. The lowest BCUT2D eigenvalue weighted by Gasteiger charge is -2.54. The SMILES string of the molecule is CN1CCCc2cc(NC(=O)NC3C4CCOC4C3(C)C)ccc21. The molecule has 0 spiro atoms. The van der Waals surface area contributed by atoms with Crippen molar-refractivity contribution in [3.05, 3.63) is 23.8 Å². The van der Waals surface area contributed by atoms with Gasteiger partial charge in [0.1, 0.15) is 0 Å². The molecule has 24 heavy (non-hydrogen) atoms. The lowest BCUT2D eigenvalue weighted by molar-refractivity contribution is -0.107. The van der Waals surface area contributed by atoms with Gasteiger partial charge < -0.3 is 20.3 Å². The predicted octanol–water partition coefficient (Wildman–Crippen LogP) is 3.00. The number of urea groups is 1. The van der Waals surface area contributed by atoms with Crippen LogP contribution in [0.4, 0.5) is 16.2 Å². The molecule has 4 rings (SSSR count). The van der Waals surface area contributed by atoms with E-state index in [1.54, 1.807) is 0 Å². The van der Waals surface area contributed by atoms with E-state index in [4.69, 9.17) is 4.74 Å². The minimum Gasteiger partial charge on any atom is -0.377 e. The van der Waals surface area contributed by atoms with Crippen LogP contribution in [0.2, 0.25) is 0 Å². The van der Waals surface area contributed by atoms with Crippen molar-refractivity contribution in [2.24, 2.45) is 11.3 Å². The first-order chi connectivity index (χ1) is 11.5. The third-order valence-corrected chi connectivity index (χ3v) is 6.08. The van der Waals surface area contributed by atoms with E-state index in [0.717, 1.165) is 31.7 Å². The molecule has 1 aromatic rings. The first-order valence-corrected chi connectivity index (χ1v) is 9.00. The van der Waals surface area contributed by atoms with Gasteiger partial charge in [-0.25, -0.2) is 4.79 Å². The number of amides is 2. The Labute approximate surface area is 143 Å². The molecule has 5 heteroatoms. The number of benzene rings is 1. The molecule has 2 aliphatic heterocycles. The number of rotatable bonds is 2. The molecular formula is C19H27N3O2. The zero-order chi connectivity index (χ0) is 16.9.